The van der Waals surface area contributed by atoms with Crippen molar-refractivity contribution in [3.63, 3.8) is 0 Å². The molecular formula is C17H20N4O3. The number of piperazine rings is 1. The fourth-order valence-corrected chi connectivity index (χ4v) is 2.85. The van der Waals surface area contributed by atoms with Crippen molar-refractivity contribution in [3.05, 3.63) is 62.9 Å². The molecule has 0 aliphatic carbocycles. The van der Waals surface area contributed by atoms with Crippen LogP contribution in [0.5, 0.6) is 0 Å². The average Bonchev–Trinajstić information content (AvgIpc) is 2.57. The molecule has 2 aromatic rings. The minimum atomic E-state index is -0.561. The maximum atomic E-state index is 12.4. The second kappa shape index (κ2) is 6.74. The van der Waals surface area contributed by atoms with E-state index in [9.17, 15) is 14.4 Å². The van der Waals surface area contributed by atoms with E-state index in [-0.39, 0.29) is 12.5 Å². The lowest BCUT2D eigenvalue weighted by Crippen LogP contribution is -2.50. The number of hydrogen-bond acceptors (Lipinski definition) is 4. The lowest BCUT2D eigenvalue weighted by atomic mass is 10.2. The van der Waals surface area contributed by atoms with Gasteiger partial charge in [-0.25, -0.2) is 4.79 Å². The van der Waals surface area contributed by atoms with Crippen LogP contribution in [0.1, 0.15) is 5.56 Å². The number of nitrogens with zero attached hydrogens (tertiary/aromatic N) is 3. The van der Waals surface area contributed by atoms with Gasteiger partial charge >= 0.3 is 5.69 Å². The Morgan fingerprint density at radius 3 is 2.54 bits per heavy atom. The zero-order chi connectivity index (χ0) is 17.1. The second-order valence-electron chi connectivity index (χ2n) is 5.94. The van der Waals surface area contributed by atoms with E-state index in [4.69, 9.17) is 0 Å². The van der Waals surface area contributed by atoms with Crippen LogP contribution < -0.4 is 16.1 Å². The molecule has 0 unspecified atom stereocenters. The Morgan fingerprint density at radius 1 is 1.12 bits per heavy atom. The van der Waals surface area contributed by atoms with Crippen molar-refractivity contribution in [1.82, 2.24) is 14.5 Å². The van der Waals surface area contributed by atoms with Gasteiger partial charge in [-0.1, -0.05) is 12.1 Å². The monoisotopic (exact) mass is 328 g/mol. The van der Waals surface area contributed by atoms with Crippen LogP contribution >= 0.6 is 0 Å². The average molecular weight is 328 g/mol. The van der Waals surface area contributed by atoms with Crippen LogP contribution in [0.4, 0.5) is 5.69 Å². The highest BCUT2D eigenvalue weighted by Crippen LogP contribution is 2.17. The minimum Gasteiger partial charge on any atom is -0.368 e. The van der Waals surface area contributed by atoms with Crippen LogP contribution in [0, 0.1) is 6.92 Å². The topological polar surface area (TPSA) is 78.4 Å². The third-order valence-corrected chi connectivity index (χ3v) is 4.20. The molecule has 3 rings (SSSR count). The Kier molecular flexibility index (Phi) is 4.50. The molecule has 1 aromatic carbocycles. The standard InChI is InChI=1S/C17H20N4O3/c1-13-3-2-4-14(11-13)19-7-9-20(10-8-19)16(23)12-21-6-5-15(22)18-17(21)24/h2-6,11H,7-10,12H2,1H3,(H,18,22,24). The predicted octanol–water partition coefficient (Wildman–Crippen LogP) is 0.194. The van der Waals surface area contributed by atoms with Gasteiger partial charge in [-0.05, 0) is 24.6 Å². The van der Waals surface area contributed by atoms with Crippen LogP contribution in [-0.2, 0) is 11.3 Å². The largest absolute Gasteiger partial charge is 0.368 e. The number of carbonyl (C=O) groups is 1. The molecule has 1 fully saturated rings. The fraction of sp³-hybridized carbons (Fsp3) is 0.353. The third-order valence-electron chi connectivity index (χ3n) is 4.20. The number of rotatable bonds is 3. The summed E-state index contributed by atoms with van der Waals surface area (Å²) in [6, 6.07) is 9.54. The number of carbonyl (C=O) groups excluding carboxylic acids is 1. The second-order valence-corrected chi connectivity index (χ2v) is 5.94. The fourth-order valence-electron chi connectivity index (χ4n) is 2.85. The van der Waals surface area contributed by atoms with Crippen LogP contribution in [0.15, 0.2) is 46.1 Å². The van der Waals surface area contributed by atoms with E-state index in [1.54, 1.807) is 4.90 Å². The summed E-state index contributed by atoms with van der Waals surface area (Å²) in [7, 11) is 0. The molecule has 1 saturated heterocycles. The van der Waals surface area contributed by atoms with Gasteiger partial charge in [-0.3, -0.25) is 19.1 Å². The molecule has 24 heavy (non-hydrogen) atoms. The van der Waals surface area contributed by atoms with E-state index in [1.165, 1.54) is 28.1 Å². The molecule has 7 nitrogen and oxygen atoms in total. The SMILES string of the molecule is Cc1cccc(N2CCN(C(=O)Cn3ccc(=O)[nH]c3=O)CC2)c1. The maximum Gasteiger partial charge on any atom is 0.328 e. The van der Waals surface area contributed by atoms with Crippen LogP contribution in [0.3, 0.4) is 0 Å². The van der Waals surface area contributed by atoms with Crippen LogP contribution in [0.2, 0.25) is 0 Å². The molecule has 0 atom stereocenters. The smallest absolute Gasteiger partial charge is 0.328 e. The van der Waals surface area contributed by atoms with E-state index in [0.717, 1.165) is 13.1 Å². The first-order chi connectivity index (χ1) is 11.5. The van der Waals surface area contributed by atoms with Gasteiger partial charge in [0.1, 0.15) is 6.54 Å². The lowest BCUT2D eigenvalue weighted by molar-refractivity contribution is -0.132. The first-order valence-corrected chi connectivity index (χ1v) is 7.92. The molecule has 126 valence electrons. The lowest BCUT2D eigenvalue weighted by Gasteiger charge is -2.36. The number of hydrogen-bond donors (Lipinski definition) is 1. The van der Waals surface area contributed by atoms with Gasteiger partial charge in [0.25, 0.3) is 5.56 Å². The molecule has 1 aromatic heterocycles. The Balaban J connectivity index is 1.61. The molecule has 1 aliphatic rings. The number of anilines is 1. The molecule has 2 heterocycles. The summed E-state index contributed by atoms with van der Waals surface area (Å²) in [5, 5.41) is 0. The van der Waals surface area contributed by atoms with E-state index in [1.807, 2.05) is 6.07 Å². The Labute approximate surface area is 139 Å². The Morgan fingerprint density at radius 2 is 1.88 bits per heavy atom. The molecule has 0 bridgehead atoms. The van der Waals surface area contributed by atoms with Crippen molar-refractivity contribution < 1.29 is 4.79 Å². The van der Waals surface area contributed by atoms with Gasteiger partial charge in [0.15, 0.2) is 0 Å². The highest BCUT2D eigenvalue weighted by Gasteiger charge is 2.21. The summed E-state index contributed by atoms with van der Waals surface area (Å²) in [5.74, 6) is -0.118. The summed E-state index contributed by atoms with van der Waals surface area (Å²) < 4.78 is 1.22. The van der Waals surface area contributed by atoms with Crippen molar-refractivity contribution in [2.24, 2.45) is 0 Å². The van der Waals surface area contributed by atoms with E-state index < -0.39 is 11.2 Å². The molecule has 1 amide bonds. The van der Waals surface area contributed by atoms with E-state index in [0.29, 0.717) is 13.1 Å². The molecule has 0 saturated carbocycles. The molecule has 0 radical (unpaired) electrons. The minimum absolute atomic E-state index is 0.0555. The summed E-state index contributed by atoms with van der Waals surface area (Å²) in [6.45, 7) is 4.76. The van der Waals surface area contributed by atoms with Gasteiger partial charge in [0, 0.05) is 44.1 Å². The quantitative estimate of drug-likeness (QED) is 0.873. The van der Waals surface area contributed by atoms with Gasteiger partial charge in [-0.15, -0.1) is 0 Å². The number of benzene rings is 1. The first kappa shape index (κ1) is 16.0. The van der Waals surface area contributed by atoms with Gasteiger partial charge in [0.05, 0.1) is 0 Å². The molecule has 0 spiro atoms. The number of amides is 1. The summed E-state index contributed by atoms with van der Waals surface area (Å²) in [5.41, 5.74) is 1.35. The summed E-state index contributed by atoms with van der Waals surface area (Å²) >= 11 is 0. The highest BCUT2D eigenvalue weighted by molar-refractivity contribution is 5.76. The van der Waals surface area contributed by atoms with Crippen LogP contribution in [0.25, 0.3) is 0 Å². The van der Waals surface area contributed by atoms with Crippen molar-refractivity contribution in [2.45, 2.75) is 13.5 Å². The first-order valence-electron chi connectivity index (χ1n) is 7.92. The maximum absolute atomic E-state index is 12.4. The van der Waals surface area contributed by atoms with Crippen molar-refractivity contribution in [3.8, 4) is 0 Å². The van der Waals surface area contributed by atoms with Crippen molar-refractivity contribution in [1.29, 1.82) is 0 Å². The van der Waals surface area contributed by atoms with Gasteiger partial charge < -0.3 is 9.80 Å². The molecule has 7 heteroatoms. The zero-order valence-electron chi connectivity index (χ0n) is 13.6. The predicted molar refractivity (Wildman–Crippen MR) is 91.3 cm³/mol. The van der Waals surface area contributed by atoms with Crippen molar-refractivity contribution in [2.75, 3.05) is 31.1 Å². The summed E-state index contributed by atoms with van der Waals surface area (Å²) in [6.07, 6.45) is 1.35. The third kappa shape index (κ3) is 3.56. The molecule has 1 aliphatic heterocycles. The summed E-state index contributed by atoms with van der Waals surface area (Å²) in [4.78, 5) is 41.2. The highest BCUT2D eigenvalue weighted by atomic mass is 16.2. The van der Waals surface area contributed by atoms with Gasteiger partial charge in [0.2, 0.25) is 5.91 Å². The van der Waals surface area contributed by atoms with E-state index >= 15 is 0 Å². The van der Waals surface area contributed by atoms with E-state index in [2.05, 4.69) is 35.0 Å². The number of aromatic amines is 1. The zero-order valence-corrected chi connectivity index (χ0v) is 13.6. The Bertz CT molecular complexity index is 847. The number of aromatic nitrogens is 2. The number of H-pyrrole nitrogens is 1. The molecular weight excluding hydrogens is 308 g/mol. The number of nitrogens with one attached hydrogen (secondary N) is 1. The van der Waals surface area contributed by atoms with Crippen LogP contribution in [-0.4, -0.2) is 46.5 Å². The van der Waals surface area contributed by atoms with Crippen molar-refractivity contribution >= 4 is 11.6 Å². The normalized spacial score (nSPS) is 14.7. The Hall–Kier alpha value is -2.83. The molecule has 1 N–H and O–H groups in total. The van der Waals surface area contributed by atoms with Gasteiger partial charge in [-0.2, -0.15) is 0 Å². The number of aryl methyl sites for hydroxylation is 1.